The fourth-order valence-corrected chi connectivity index (χ4v) is 0.0900. The Morgan fingerprint density at radius 1 is 2.00 bits per heavy atom. The molecule has 0 bridgehead atoms. The number of primary amides is 1. The maximum atomic E-state index is 9.95. The van der Waals surface area contributed by atoms with Gasteiger partial charge in [-0.15, -0.1) is 0 Å². The van der Waals surface area contributed by atoms with Crippen molar-refractivity contribution in [1.29, 1.82) is 0 Å². The predicted octanol–water partition coefficient (Wildman–Crippen LogP) is -0.196. The van der Waals surface area contributed by atoms with E-state index in [1.807, 2.05) is 0 Å². The first-order valence-corrected chi connectivity index (χ1v) is 1.75. The van der Waals surface area contributed by atoms with Gasteiger partial charge in [-0.1, -0.05) is 0 Å². The lowest BCUT2D eigenvalue weighted by molar-refractivity contribution is -0.0615. The number of hydrogen-bond donors (Lipinski definition) is 1. The molecule has 0 aromatic heterocycles. The third kappa shape index (κ3) is 1.99. The number of amides is 2. The lowest BCUT2D eigenvalue weighted by atomic mass is 11.0. The zero-order valence-electron chi connectivity index (χ0n) is 4.34. The summed E-state index contributed by atoms with van der Waals surface area (Å²) in [4.78, 5) is 14.3. The van der Waals surface area contributed by atoms with Crippen molar-refractivity contribution >= 4 is 6.03 Å². The van der Waals surface area contributed by atoms with Crippen molar-refractivity contribution in [3.05, 3.63) is 0 Å². The van der Waals surface area contributed by atoms with Crippen molar-refractivity contribution in [2.75, 3.05) is 14.2 Å². The van der Waals surface area contributed by atoms with Crippen LogP contribution < -0.4 is 5.73 Å². The van der Waals surface area contributed by atoms with Crippen LogP contribution in [0.25, 0.3) is 0 Å². The van der Waals surface area contributed by atoms with Crippen molar-refractivity contribution < 1.29 is 11.1 Å². The van der Waals surface area contributed by atoms with Crippen LogP contribution in [-0.4, -0.2) is 25.3 Å². The van der Waals surface area contributed by atoms with E-state index in [9.17, 15) is 4.79 Å². The smallest absolute Gasteiger partial charge is 0.338 e. The van der Waals surface area contributed by atoms with E-state index in [-0.39, 0.29) is 1.43 Å². The molecule has 2 N–H and O–H groups in total. The van der Waals surface area contributed by atoms with Crippen LogP contribution in [0.2, 0.25) is 0 Å². The summed E-state index contributed by atoms with van der Waals surface area (Å²) in [5.74, 6) is 0. The summed E-state index contributed by atoms with van der Waals surface area (Å²) < 4.78 is 0. The molecule has 0 rings (SSSR count). The molecule has 0 spiro atoms. The molecule has 4 heteroatoms. The van der Waals surface area contributed by atoms with Crippen molar-refractivity contribution in [1.82, 2.24) is 5.06 Å². The highest BCUT2D eigenvalue weighted by atomic mass is 16.7. The van der Waals surface area contributed by atoms with E-state index >= 15 is 0 Å². The first kappa shape index (κ1) is 6.23. The van der Waals surface area contributed by atoms with Crippen LogP contribution in [0.1, 0.15) is 1.43 Å². The van der Waals surface area contributed by atoms with Crippen LogP contribution in [0.15, 0.2) is 0 Å². The van der Waals surface area contributed by atoms with E-state index in [4.69, 9.17) is 5.73 Å². The van der Waals surface area contributed by atoms with Gasteiger partial charge in [0.1, 0.15) is 0 Å². The van der Waals surface area contributed by atoms with Gasteiger partial charge in [-0.25, -0.2) is 9.86 Å². The Morgan fingerprint density at radius 3 is 2.43 bits per heavy atom. The summed E-state index contributed by atoms with van der Waals surface area (Å²) in [7, 11) is 2.80. The number of urea groups is 1. The molecule has 0 unspecified atom stereocenters. The number of hydroxylamine groups is 2. The van der Waals surface area contributed by atoms with Crippen LogP contribution in [0.4, 0.5) is 4.79 Å². The Labute approximate surface area is 43.3 Å². The number of nitrogens with zero attached hydrogens (tertiary/aromatic N) is 1. The first-order valence-electron chi connectivity index (χ1n) is 1.75. The molecule has 0 saturated heterocycles. The van der Waals surface area contributed by atoms with Gasteiger partial charge in [0.25, 0.3) is 0 Å². The zero-order valence-corrected chi connectivity index (χ0v) is 4.34. The Morgan fingerprint density at radius 2 is 2.43 bits per heavy atom. The molecular formula is C3H10N2O2. The highest BCUT2D eigenvalue weighted by Gasteiger charge is 1.96. The van der Waals surface area contributed by atoms with E-state index in [1.165, 1.54) is 14.2 Å². The van der Waals surface area contributed by atoms with E-state index in [1.54, 1.807) is 0 Å². The third-order valence-corrected chi connectivity index (χ3v) is 0.584. The highest BCUT2D eigenvalue weighted by molar-refractivity contribution is 5.70. The lowest BCUT2D eigenvalue weighted by Crippen LogP contribution is -2.30. The molecule has 0 aliphatic carbocycles. The third-order valence-electron chi connectivity index (χ3n) is 0.584. The molecule has 0 aromatic rings. The van der Waals surface area contributed by atoms with E-state index in [0.717, 1.165) is 5.06 Å². The van der Waals surface area contributed by atoms with Crippen molar-refractivity contribution in [2.45, 2.75) is 0 Å². The number of hydrogen-bond acceptors (Lipinski definition) is 2. The maximum Gasteiger partial charge on any atom is 0.338 e. The minimum Gasteiger partial charge on any atom is -0.350 e. The minimum atomic E-state index is -0.595. The molecule has 0 atom stereocenters. The number of rotatable bonds is 1. The van der Waals surface area contributed by atoms with Gasteiger partial charge < -0.3 is 5.73 Å². The molecule has 7 heavy (non-hydrogen) atoms. The average molecular weight is 106 g/mol. The van der Waals surface area contributed by atoms with Gasteiger partial charge in [0.2, 0.25) is 0 Å². The normalized spacial score (nSPS) is 8.29. The Hall–Kier alpha value is -0.770. The standard InChI is InChI=1S/C3H8N2O2.H2/c1-5(7-2)3(4)6;/h1-2H3,(H2,4,6);1H. The van der Waals surface area contributed by atoms with Crippen LogP contribution >= 0.6 is 0 Å². The summed E-state index contributed by atoms with van der Waals surface area (Å²) in [6.45, 7) is 0. The monoisotopic (exact) mass is 106 g/mol. The Kier molecular flexibility index (Phi) is 2.15. The summed E-state index contributed by atoms with van der Waals surface area (Å²) in [5, 5.41) is 0.931. The van der Waals surface area contributed by atoms with Crippen LogP contribution in [0.5, 0.6) is 0 Å². The summed E-state index contributed by atoms with van der Waals surface area (Å²) in [6, 6.07) is -0.595. The second-order valence-electron chi connectivity index (χ2n) is 1.02. The van der Waals surface area contributed by atoms with Crippen LogP contribution in [-0.2, 0) is 4.84 Å². The SMILES string of the molecule is CON(C)C(N)=O.[HH]. The first-order chi connectivity index (χ1) is 3.18. The second-order valence-corrected chi connectivity index (χ2v) is 1.02. The Bertz CT molecular complexity index is 77.7. The number of carbonyl (C=O) groups excluding carboxylic acids is 1. The van der Waals surface area contributed by atoms with E-state index < -0.39 is 6.03 Å². The fraction of sp³-hybridized carbons (Fsp3) is 0.667. The molecular weight excluding hydrogens is 96.0 g/mol. The van der Waals surface area contributed by atoms with Crippen molar-refractivity contribution in [3.63, 3.8) is 0 Å². The lowest BCUT2D eigenvalue weighted by Gasteiger charge is -2.07. The molecule has 0 aliphatic heterocycles. The molecule has 0 aliphatic rings. The van der Waals surface area contributed by atoms with Gasteiger partial charge in [-0.05, 0) is 0 Å². The van der Waals surface area contributed by atoms with Gasteiger partial charge in [-0.2, -0.15) is 0 Å². The Balaban J connectivity index is 0. The minimum absolute atomic E-state index is 0. The molecule has 4 nitrogen and oxygen atoms in total. The molecule has 0 heterocycles. The average Bonchev–Trinajstić information content (AvgIpc) is 1.65. The van der Waals surface area contributed by atoms with Gasteiger partial charge in [0.05, 0.1) is 7.11 Å². The highest BCUT2D eigenvalue weighted by Crippen LogP contribution is 1.75. The second kappa shape index (κ2) is 2.41. The number of nitrogens with two attached hydrogens (primary N) is 1. The van der Waals surface area contributed by atoms with Gasteiger partial charge >= 0.3 is 6.03 Å². The molecule has 2 amide bonds. The molecule has 0 fully saturated rings. The zero-order chi connectivity index (χ0) is 5.86. The molecule has 0 saturated carbocycles. The summed E-state index contributed by atoms with van der Waals surface area (Å²) in [5.41, 5.74) is 4.71. The summed E-state index contributed by atoms with van der Waals surface area (Å²) in [6.07, 6.45) is 0. The van der Waals surface area contributed by atoms with Crippen molar-refractivity contribution in [3.8, 4) is 0 Å². The fourth-order valence-electron chi connectivity index (χ4n) is 0.0900. The van der Waals surface area contributed by atoms with E-state index in [0.29, 0.717) is 0 Å². The molecule has 0 aromatic carbocycles. The van der Waals surface area contributed by atoms with Gasteiger partial charge in [0.15, 0.2) is 0 Å². The number of carbonyl (C=O) groups is 1. The van der Waals surface area contributed by atoms with Gasteiger partial charge in [0, 0.05) is 8.47 Å². The van der Waals surface area contributed by atoms with E-state index in [2.05, 4.69) is 4.84 Å². The maximum absolute atomic E-state index is 9.95. The quantitative estimate of drug-likeness (QED) is 0.471. The molecule has 44 valence electrons. The van der Waals surface area contributed by atoms with Crippen molar-refractivity contribution in [2.24, 2.45) is 5.73 Å². The molecule has 0 radical (unpaired) electrons. The van der Waals surface area contributed by atoms with Gasteiger partial charge in [-0.3, -0.25) is 4.84 Å². The van der Waals surface area contributed by atoms with Crippen LogP contribution in [0.3, 0.4) is 0 Å². The topological polar surface area (TPSA) is 55.6 Å². The van der Waals surface area contributed by atoms with Crippen LogP contribution in [0, 0.1) is 0 Å². The largest absolute Gasteiger partial charge is 0.350 e. The summed E-state index contributed by atoms with van der Waals surface area (Å²) >= 11 is 0. The predicted molar refractivity (Wildman–Crippen MR) is 26.5 cm³/mol.